The first-order chi connectivity index (χ1) is 15.1. The summed E-state index contributed by atoms with van der Waals surface area (Å²) in [7, 11) is 0. The summed E-state index contributed by atoms with van der Waals surface area (Å²) < 4.78 is 0. The average Bonchev–Trinajstić information content (AvgIpc) is 3.42. The molecule has 0 saturated carbocycles. The number of aromatic amines is 1. The van der Waals surface area contributed by atoms with E-state index in [-0.39, 0.29) is 6.61 Å². The zero-order chi connectivity index (χ0) is 21.8. The Morgan fingerprint density at radius 1 is 1.19 bits per heavy atom. The fourth-order valence-electron chi connectivity index (χ4n) is 2.98. The van der Waals surface area contributed by atoms with Crippen molar-refractivity contribution >= 4 is 46.2 Å². The monoisotopic (exact) mass is 471 g/mol. The van der Waals surface area contributed by atoms with Crippen molar-refractivity contribution in [2.75, 3.05) is 18.5 Å². The molecule has 0 saturated heterocycles. The molecule has 0 aliphatic carbocycles. The van der Waals surface area contributed by atoms with E-state index in [2.05, 4.69) is 35.3 Å². The van der Waals surface area contributed by atoms with Gasteiger partial charge >= 0.3 is 0 Å². The lowest BCUT2D eigenvalue weighted by atomic mass is 10.0. The molecule has 31 heavy (non-hydrogen) atoms. The van der Waals surface area contributed by atoms with Crippen LogP contribution in [-0.2, 0) is 0 Å². The fourth-order valence-corrected chi connectivity index (χ4v) is 4.65. The zero-order valence-electron chi connectivity index (χ0n) is 15.9. The van der Waals surface area contributed by atoms with Crippen LogP contribution in [0.25, 0.3) is 37.2 Å². The summed E-state index contributed by atoms with van der Waals surface area (Å²) >= 11 is 13.9. The number of anilines is 1. The Kier molecular flexibility index (Phi) is 6.44. The summed E-state index contributed by atoms with van der Waals surface area (Å²) in [6, 6.07) is 6.90. The van der Waals surface area contributed by atoms with E-state index in [1.165, 1.54) is 17.7 Å². The number of H-pyrrole nitrogens is 1. The highest BCUT2D eigenvalue weighted by Gasteiger charge is 2.25. The van der Waals surface area contributed by atoms with Crippen molar-refractivity contribution in [1.82, 2.24) is 25.1 Å². The maximum atomic E-state index is 8.97. The Morgan fingerprint density at radius 3 is 2.77 bits per heavy atom. The van der Waals surface area contributed by atoms with Crippen molar-refractivity contribution in [2.45, 2.75) is 6.42 Å². The molecule has 0 fully saturated rings. The predicted octanol–water partition coefficient (Wildman–Crippen LogP) is 5.31. The second-order valence-electron chi connectivity index (χ2n) is 6.32. The van der Waals surface area contributed by atoms with Crippen molar-refractivity contribution < 1.29 is 5.11 Å². The molecule has 0 radical (unpaired) electrons. The third-order valence-electron chi connectivity index (χ3n) is 4.33. The SMILES string of the molecule is [C-]#[N+]c1c(-c2ccnc(NCCCO)n2)sc(-c2ncn[nH]2)c1-c1ccc(Cl)cc1Cl. The molecular weight excluding hydrogens is 457 g/mol. The van der Waals surface area contributed by atoms with Crippen LogP contribution >= 0.6 is 34.5 Å². The zero-order valence-corrected chi connectivity index (χ0v) is 18.3. The third kappa shape index (κ3) is 4.38. The van der Waals surface area contributed by atoms with Crippen molar-refractivity contribution in [1.29, 1.82) is 0 Å². The number of aliphatic hydroxyl groups is 1. The number of hydrogen-bond acceptors (Lipinski definition) is 7. The van der Waals surface area contributed by atoms with E-state index < -0.39 is 0 Å². The highest BCUT2D eigenvalue weighted by molar-refractivity contribution is 7.20. The Morgan fingerprint density at radius 2 is 2.06 bits per heavy atom. The van der Waals surface area contributed by atoms with Crippen LogP contribution < -0.4 is 5.32 Å². The van der Waals surface area contributed by atoms with Crippen molar-refractivity contribution in [3.63, 3.8) is 0 Å². The Bertz CT molecular complexity index is 1250. The van der Waals surface area contributed by atoms with Gasteiger partial charge in [0, 0.05) is 35.0 Å². The average molecular weight is 472 g/mol. The van der Waals surface area contributed by atoms with Gasteiger partial charge in [0.2, 0.25) is 11.6 Å². The predicted molar refractivity (Wildman–Crippen MR) is 123 cm³/mol. The summed E-state index contributed by atoms with van der Waals surface area (Å²) in [6.45, 7) is 8.51. The van der Waals surface area contributed by atoms with E-state index in [1.807, 2.05) is 0 Å². The van der Waals surface area contributed by atoms with Gasteiger partial charge in [-0.05, 0) is 30.2 Å². The van der Waals surface area contributed by atoms with Crippen LogP contribution in [0.4, 0.5) is 11.6 Å². The number of hydrogen-bond donors (Lipinski definition) is 3. The maximum Gasteiger partial charge on any atom is 0.223 e. The van der Waals surface area contributed by atoms with E-state index in [0.717, 1.165) is 4.88 Å². The van der Waals surface area contributed by atoms with Crippen LogP contribution in [-0.4, -0.2) is 43.4 Å². The highest BCUT2D eigenvalue weighted by atomic mass is 35.5. The summed E-state index contributed by atoms with van der Waals surface area (Å²) in [5.74, 6) is 0.945. The first-order valence-electron chi connectivity index (χ1n) is 9.16. The topological polar surface area (TPSA) is 104 Å². The van der Waals surface area contributed by atoms with Gasteiger partial charge in [0.25, 0.3) is 0 Å². The molecule has 3 N–H and O–H groups in total. The van der Waals surface area contributed by atoms with Gasteiger partial charge in [-0.3, -0.25) is 5.10 Å². The van der Waals surface area contributed by atoms with Crippen molar-refractivity contribution in [2.24, 2.45) is 0 Å². The number of aliphatic hydroxyl groups excluding tert-OH is 1. The third-order valence-corrected chi connectivity index (χ3v) is 6.09. The normalized spacial score (nSPS) is 10.8. The van der Waals surface area contributed by atoms with Crippen LogP contribution in [0.2, 0.25) is 10.0 Å². The minimum Gasteiger partial charge on any atom is -0.396 e. The first kappa shape index (κ1) is 21.2. The number of nitrogens with zero attached hydrogens (tertiary/aromatic N) is 5. The van der Waals surface area contributed by atoms with Crippen LogP contribution in [0.3, 0.4) is 0 Å². The molecule has 0 aliphatic heterocycles. The molecule has 0 atom stereocenters. The van der Waals surface area contributed by atoms with Gasteiger partial charge in [-0.2, -0.15) is 5.10 Å². The summed E-state index contributed by atoms with van der Waals surface area (Å²) in [5.41, 5.74) is 2.30. The van der Waals surface area contributed by atoms with E-state index in [9.17, 15) is 0 Å². The minimum atomic E-state index is 0.0746. The van der Waals surface area contributed by atoms with Crippen LogP contribution in [0.1, 0.15) is 6.42 Å². The fraction of sp³-hybridized carbons (Fsp3) is 0.150. The maximum absolute atomic E-state index is 8.97. The molecule has 0 amide bonds. The molecule has 156 valence electrons. The Balaban J connectivity index is 1.89. The smallest absolute Gasteiger partial charge is 0.223 e. The molecule has 8 nitrogen and oxygen atoms in total. The Labute approximate surface area is 191 Å². The van der Waals surface area contributed by atoms with Gasteiger partial charge in [0.1, 0.15) is 6.33 Å². The molecule has 0 aliphatic rings. The van der Waals surface area contributed by atoms with Gasteiger partial charge < -0.3 is 10.4 Å². The molecule has 0 bridgehead atoms. The lowest BCUT2D eigenvalue weighted by Gasteiger charge is -2.07. The van der Waals surface area contributed by atoms with Crippen LogP contribution in [0, 0.1) is 6.57 Å². The minimum absolute atomic E-state index is 0.0746. The number of thiophene rings is 1. The second-order valence-corrected chi connectivity index (χ2v) is 8.19. The number of halogens is 2. The second kappa shape index (κ2) is 9.41. The largest absolute Gasteiger partial charge is 0.396 e. The van der Waals surface area contributed by atoms with Crippen molar-refractivity contribution in [3.8, 4) is 32.4 Å². The Hall–Kier alpha value is -3.03. The van der Waals surface area contributed by atoms with Crippen LogP contribution in [0.15, 0.2) is 36.8 Å². The summed E-state index contributed by atoms with van der Waals surface area (Å²) in [5, 5.41) is 19.8. The van der Waals surface area contributed by atoms with E-state index in [0.29, 0.717) is 62.2 Å². The quantitative estimate of drug-likeness (QED) is 0.249. The molecule has 4 aromatic rings. The van der Waals surface area contributed by atoms with Gasteiger partial charge in [0.05, 0.1) is 22.0 Å². The number of nitrogens with one attached hydrogen (secondary N) is 2. The van der Waals surface area contributed by atoms with Crippen molar-refractivity contribution in [3.05, 3.63) is 58.3 Å². The summed E-state index contributed by atoms with van der Waals surface area (Å²) in [6.07, 6.45) is 3.61. The van der Waals surface area contributed by atoms with Gasteiger partial charge in [-0.25, -0.2) is 19.8 Å². The number of rotatable bonds is 7. The molecule has 4 rings (SSSR count). The molecule has 0 unspecified atom stereocenters. The molecule has 0 spiro atoms. The molecular formula is C20H15Cl2N7OS. The molecule has 3 aromatic heterocycles. The van der Waals surface area contributed by atoms with E-state index >= 15 is 0 Å². The number of aromatic nitrogens is 5. The lowest BCUT2D eigenvalue weighted by Crippen LogP contribution is -2.06. The molecule has 1 aromatic carbocycles. The highest BCUT2D eigenvalue weighted by Crippen LogP contribution is 2.52. The molecule has 11 heteroatoms. The van der Waals surface area contributed by atoms with E-state index in [1.54, 1.807) is 30.5 Å². The van der Waals surface area contributed by atoms with Crippen LogP contribution in [0.5, 0.6) is 0 Å². The first-order valence-corrected chi connectivity index (χ1v) is 10.7. The van der Waals surface area contributed by atoms with Gasteiger partial charge in [-0.15, -0.1) is 11.3 Å². The van der Waals surface area contributed by atoms with E-state index in [4.69, 9.17) is 34.9 Å². The van der Waals surface area contributed by atoms with Gasteiger partial charge in [-0.1, -0.05) is 29.3 Å². The molecule has 3 heterocycles. The standard InChI is InChI=1S/C20H15Cl2N7OS/c1-23-16-15(12-4-3-11(21)9-13(12)22)18(19-26-10-27-29-19)31-17(16)14-5-7-25-20(28-14)24-6-2-8-30/h3-5,7,9-10,30H,2,6,8H2,(H,24,25,28)(H,26,27,29). The number of benzene rings is 1. The summed E-state index contributed by atoms with van der Waals surface area (Å²) in [4.78, 5) is 18.2. The van der Waals surface area contributed by atoms with Gasteiger partial charge in [0.15, 0.2) is 5.82 Å². The lowest BCUT2D eigenvalue weighted by molar-refractivity contribution is 0.292.